The average Bonchev–Trinajstić information content (AvgIpc) is 2.07. The van der Waals surface area contributed by atoms with Crippen LogP contribution >= 0.6 is 11.6 Å². The van der Waals surface area contributed by atoms with Crippen LogP contribution in [0.5, 0.6) is 5.88 Å². The summed E-state index contributed by atoms with van der Waals surface area (Å²) in [5.74, 6) is 0.540. The van der Waals surface area contributed by atoms with Gasteiger partial charge in [-0.3, -0.25) is 0 Å². The highest BCUT2D eigenvalue weighted by molar-refractivity contribution is 6.31. The summed E-state index contributed by atoms with van der Waals surface area (Å²) in [7, 11) is 0. The molecule has 3 heteroatoms. The van der Waals surface area contributed by atoms with E-state index in [2.05, 4.69) is 4.98 Å². The van der Waals surface area contributed by atoms with Gasteiger partial charge in [0.1, 0.15) is 5.02 Å². The molecule has 0 aliphatic rings. The van der Waals surface area contributed by atoms with Crippen LogP contribution in [0.25, 0.3) is 0 Å². The fourth-order valence-electron chi connectivity index (χ4n) is 0.816. The van der Waals surface area contributed by atoms with E-state index >= 15 is 0 Å². The van der Waals surface area contributed by atoms with Gasteiger partial charge in [0, 0.05) is 5.69 Å². The predicted octanol–water partition coefficient (Wildman–Crippen LogP) is 2.83. The third-order valence-corrected chi connectivity index (χ3v) is 1.68. The van der Waals surface area contributed by atoms with Gasteiger partial charge in [-0.25, -0.2) is 4.98 Å². The molecule has 2 nitrogen and oxygen atoms in total. The van der Waals surface area contributed by atoms with Crippen LogP contribution in [0, 0.1) is 6.92 Å². The van der Waals surface area contributed by atoms with Crippen molar-refractivity contribution in [1.29, 1.82) is 0 Å². The highest BCUT2D eigenvalue weighted by Crippen LogP contribution is 2.21. The largest absolute Gasteiger partial charge is 0.477 e. The van der Waals surface area contributed by atoms with Gasteiger partial charge in [-0.2, -0.15) is 0 Å². The fourth-order valence-corrected chi connectivity index (χ4v) is 0.976. The standard InChI is InChI=1S/C9H12ClNO/c1-3-6-12-9-8(10)5-4-7(2)11-9/h4-5H,3,6H2,1-2H3. The van der Waals surface area contributed by atoms with E-state index in [1.165, 1.54) is 0 Å². The maximum atomic E-state index is 5.84. The van der Waals surface area contributed by atoms with Gasteiger partial charge in [0.2, 0.25) is 5.88 Å². The number of halogens is 1. The summed E-state index contributed by atoms with van der Waals surface area (Å²) in [6, 6.07) is 3.66. The zero-order valence-corrected chi connectivity index (χ0v) is 8.06. The molecule has 1 rings (SSSR count). The highest BCUT2D eigenvalue weighted by atomic mass is 35.5. The van der Waals surface area contributed by atoms with Gasteiger partial charge < -0.3 is 4.74 Å². The lowest BCUT2D eigenvalue weighted by molar-refractivity contribution is 0.305. The maximum absolute atomic E-state index is 5.84. The molecule has 0 radical (unpaired) electrons. The number of ether oxygens (including phenoxy) is 1. The van der Waals surface area contributed by atoms with Crippen molar-refractivity contribution >= 4 is 11.6 Å². The third kappa shape index (κ3) is 2.38. The number of nitrogens with zero attached hydrogens (tertiary/aromatic N) is 1. The Morgan fingerprint density at radius 3 is 2.92 bits per heavy atom. The highest BCUT2D eigenvalue weighted by Gasteiger charge is 2.01. The van der Waals surface area contributed by atoms with E-state index in [-0.39, 0.29) is 0 Å². The maximum Gasteiger partial charge on any atom is 0.232 e. The lowest BCUT2D eigenvalue weighted by Gasteiger charge is -2.05. The molecule has 0 spiro atoms. The van der Waals surface area contributed by atoms with Crippen molar-refractivity contribution in [3.05, 3.63) is 22.8 Å². The second-order valence-corrected chi connectivity index (χ2v) is 3.00. The Labute approximate surface area is 77.5 Å². The van der Waals surface area contributed by atoms with Crippen molar-refractivity contribution in [3.63, 3.8) is 0 Å². The predicted molar refractivity (Wildman–Crippen MR) is 49.8 cm³/mol. The van der Waals surface area contributed by atoms with Crippen molar-refractivity contribution in [1.82, 2.24) is 4.98 Å². The summed E-state index contributed by atoms with van der Waals surface area (Å²) in [5.41, 5.74) is 0.922. The van der Waals surface area contributed by atoms with Crippen LogP contribution in [0.2, 0.25) is 5.02 Å². The van der Waals surface area contributed by atoms with Crippen molar-refractivity contribution < 1.29 is 4.74 Å². The molecule has 0 unspecified atom stereocenters. The van der Waals surface area contributed by atoms with Crippen LogP contribution in [-0.2, 0) is 0 Å². The van der Waals surface area contributed by atoms with Crippen LogP contribution in [0.3, 0.4) is 0 Å². The SMILES string of the molecule is CCCOc1nc(C)ccc1Cl. The Balaban J connectivity index is 2.75. The quantitative estimate of drug-likeness (QED) is 0.723. The Hall–Kier alpha value is -0.760. The molecule has 0 aliphatic carbocycles. The number of rotatable bonds is 3. The molecule has 0 bridgehead atoms. The molecule has 0 saturated carbocycles. The van der Waals surface area contributed by atoms with Gasteiger partial charge in [-0.05, 0) is 25.5 Å². The first-order valence-electron chi connectivity index (χ1n) is 4.00. The number of hydrogen-bond donors (Lipinski definition) is 0. The molecule has 0 aliphatic heterocycles. The summed E-state index contributed by atoms with van der Waals surface area (Å²) < 4.78 is 5.32. The number of aromatic nitrogens is 1. The van der Waals surface area contributed by atoms with Gasteiger partial charge in [0.05, 0.1) is 6.61 Å². The molecule has 0 atom stereocenters. The van der Waals surface area contributed by atoms with E-state index in [0.717, 1.165) is 12.1 Å². The summed E-state index contributed by atoms with van der Waals surface area (Å²) in [5, 5.41) is 0.578. The Morgan fingerprint density at radius 1 is 1.50 bits per heavy atom. The molecular weight excluding hydrogens is 174 g/mol. The van der Waals surface area contributed by atoms with Gasteiger partial charge in [-0.1, -0.05) is 18.5 Å². The minimum atomic E-state index is 0.540. The molecule has 66 valence electrons. The van der Waals surface area contributed by atoms with Crippen LogP contribution in [0.4, 0.5) is 0 Å². The zero-order valence-electron chi connectivity index (χ0n) is 7.30. The second kappa shape index (κ2) is 4.31. The minimum Gasteiger partial charge on any atom is -0.477 e. The lowest BCUT2D eigenvalue weighted by Crippen LogP contribution is -1.98. The monoisotopic (exact) mass is 185 g/mol. The van der Waals surface area contributed by atoms with E-state index in [0.29, 0.717) is 17.5 Å². The van der Waals surface area contributed by atoms with Crippen molar-refractivity contribution in [2.45, 2.75) is 20.3 Å². The first-order chi connectivity index (χ1) is 5.74. The molecule has 1 aromatic heterocycles. The van der Waals surface area contributed by atoms with Gasteiger partial charge in [0.15, 0.2) is 0 Å². The van der Waals surface area contributed by atoms with Crippen LogP contribution in [0.1, 0.15) is 19.0 Å². The van der Waals surface area contributed by atoms with Crippen molar-refractivity contribution in [2.24, 2.45) is 0 Å². The zero-order chi connectivity index (χ0) is 8.97. The lowest BCUT2D eigenvalue weighted by atomic mass is 10.4. The summed E-state index contributed by atoms with van der Waals surface area (Å²) >= 11 is 5.84. The smallest absolute Gasteiger partial charge is 0.232 e. The summed E-state index contributed by atoms with van der Waals surface area (Å²) in [4.78, 5) is 4.16. The molecule has 0 aromatic carbocycles. The van der Waals surface area contributed by atoms with E-state index in [4.69, 9.17) is 16.3 Å². The second-order valence-electron chi connectivity index (χ2n) is 2.59. The average molecular weight is 186 g/mol. The summed E-state index contributed by atoms with van der Waals surface area (Å²) in [6.07, 6.45) is 0.964. The Bertz CT molecular complexity index is 263. The van der Waals surface area contributed by atoms with E-state index < -0.39 is 0 Å². The fraction of sp³-hybridized carbons (Fsp3) is 0.444. The molecule has 1 aromatic rings. The van der Waals surface area contributed by atoms with E-state index in [1.807, 2.05) is 19.9 Å². The van der Waals surface area contributed by atoms with Crippen molar-refractivity contribution in [3.8, 4) is 5.88 Å². The van der Waals surface area contributed by atoms with E-state index in [9.17, 15) is 0 Å². The molecule has 12 heavy (non-hydrogen) atoms. The normalized spacial score (nSPS) is 9.92. The topological polar surface area (TPSA) is 22.1 Å². The molecular formula is C9H12ClNO. The molecule has 0 N–H and O–H groups in total. The van der Waals surface area contributed by atoms with E-state index in [1.54, 1.807) is 6.07 Å². The first kappa shape index (κ1) is 9.33. The van der Waals surface area contributed by atoms with Gasteiger partial charge in [0.25, 0.3) is 0 Å². The van der Waals surface area contributed by atoms with Crippen LogP contribution in [0.15, 0.2) is 12.1 Å². The van der Waals surface area contributed by atoms with Crippen molar-refractivity contribution in [2.75, 3.05) is 6.61 Å². The number of hydrogen-bond acceptors (Lipinski definition) is 2. The summed E-state index contributed by atoms with van der Waals surface area (Å²) in [6.45, 7) is 4.62. The van der Waals surface area contributed by atoms with Crippen LogP contribution in [-0.4, -0.2) is 11.6 Å². The Morgan fingerprint density at radius 2 is 2.25 bits per heavy atom. The van der Waals surface area contributed by atoms with Gasteiger partial charge in [-0.15, -0.1) is 0 Å². The number of pyridine rings is 1. The molecule has 0 amide bonds. The van der Waals surface area contributed by atoms with Gasteiger partial charge >= 0.3 is 0 Å². The minimum absolute atomic E-state index is 0.540. The molecule has 0 fully saturated rings. The first-order valence-corrected chi connectivity index (χ1v) is 4.37. The molecule has 0 saturated heterocycles. The number of aryl methyl sites for hydroxylation is 1. The Kier molecular flexibility index (Phi) is 3.35. The van der Waals surface area contributed by atoms with Crippen LogP contribution < -0.4 is 4.74 Å². The third-order valence-electron chi connectivity index (χ3n) is 1.40. The molecule has 1 heterocycles.